The minimum atomic E-state index is -1.28. The molecule has 2 rings (SSSR count). The zero-order chi connectivity index (χ0) is 18.0. The highest BCUT2D eigenvalue weighted by Gasteiger charge is 2.48. The summed E-state index contributed by atoms with van der Waals surface area (Å²) in [5.74, 6) is -0.612. The molecule has 10 heteroatoms. The van der Waals surface area contributed by atoms with Gasteiger partial charge in [0.25, 0.3) is 0 Å². The summed E-state index contributed by atoms with van der Waals surface area (Å²) in [6.45, 7) is -0.784. The van der Waals surface area contributed by atoms with Crippen LogP contribution in [0.25, 0.3) is 0 Å². The highest BCUT2D eigenvalue weighted by atomic mass is 16.7. The minimum Gasteiger partial charge on any atom is -0.396 e. The Hall–Kier alpha value is -0.400. The third-order valence-corrected chi connectivity index (χ3v) is 4.89. The molecule has 1 heterocycles. The number of ether oxygens (including phenoxy) is 3. The smallest absolute Gasteiger partial charge is 0.175 e. The van der Waals surface area contributed by atoms with Gasteiger partial charge in [0.15, 0.2) is 6.29 Å². The fraction of sp³-hybridized carbons (Fsp3) is 1.00. The molecule has 24 heavy (non-hydrogen) atoms. The molecule has 10 atom stereocenters. The Bertz CT molecular complexity index is 399. The van der Waals surface area contributed by atoms with Gasteiger partial charge in [-0.3, -0.25) is 0 Å². The Labute approximate surface area is 139 Å². The zero-order valence-corrected chi connectivity index (χ0v) is 13.5. The second-order valence-corrected chi connectivity index (χ2v) is 6.41. The Balaban J connectivity index is 2.12. The maximum Gasteiger partial charge on any atom is 0.175 e. The zero-order valence-electron chi connectivity index (χ0n) is 13.5. The summed E-state index contributed by atoms with van der Waals surface area (Å²) in [6.07, 6.45) is -6.99. The van der Waals surface area contributed by atoms with Crippen LogP contribution in [-0.4, -0.2) is 101 Å². The average Bonchev–Trinajstić information content (AvgIpc) is 2.59. The van der Waals surface area contributed by atoms with Crippen LogP contribution in [0, 0.1) is 5.92 Å². The van der Waals surface area contributed by atoms with Crippen molar-refractivity contribution in [3.63, 3.8) is 0 Å². The van der Waals surface area contributed by atoms with Crippen LogP contribution in [0.1, 0.15) is 6.42 Å². The van der Waals surface area contributed by atoms with E-state index < -0.39 is 67.5 Å². The van der Waals surface area contributed by atoms with Gasteiger partial charge in [-0.05, 0) is 6.42 Å². The molecule has 1 saturated heterocycles. The van der Waals surface area contributed by atoms with Gasteiger partial charge in [0.2, 0.25) is 0 Å². The lowest BCUT2D eigenvalue weighted by Crippen LogP contribution is -2.66. The molecule has 0 radical (unpaired) electrons. The number of aliphatic hydroxyl groups is 5. The number of nitrogens with two attached hydrogens (primary N) is 2. The van der Waals surface area contributed by atoms with Gasteiger partial charge in [0.1, 0.15) is 18.3 Å². The van der Waals surface area contributed by atoms with Crippen LogP contribution in [0.5, 0.6) is 0 Å². The molecule has 0 bridgehead atoms. The molecule has 0 aromatic heterocycles. The number of aliphatic hydroxyl groups excluding tert-OH is 5. The predicted octanol–water partition coefficient (Wildman–Crippen LogP) is -4.15. The summed E-state index contributed by atoms with van der Waals surface area (Å²) >= 11 is 0. The van der Waals surface area contributed by atoms with E-state index >= 15 is 0 Å². The van der Waals surface area contributed by atoms with Crippen LogP contribution < -0.4 is 11.5 Å². The van der Waals surface area contributed by atoms with E-state index in [0.717, 1.165) is 0 Å². The van der Waals surface area contributed by atoms with Gasteiger partial charge >= 0.3 is 0 Å². The van der Waals surface area contributed by atoms with Crippen LogP contribution in [0.4, 0.5) is 0 Å². The van der Waals surface area contributed by atoms with Crippen LogP contribution in [0.15, 0.2) is 0 Å². The Kier molecular flexibility index (Phi) is 6.90. The van der Waals surface area contributed by atoms with Gasteiger partial charge in [-0.15, -0.1) is 0 Å². The summed E-state index contributed by atoms with van der Waals surface area (Å²) in [4.78, 5) is 0. The van der Waals surface area contributed by atoms with Crippen LogP contribution >= 0.6 is 0 Å². The first-order valence-electron chi connectivity index (χ1n) is 7.96. The van der Waals surface area contributed by atoms with Crippen LogP contribution in [-0.2, 0) is 14.2 Å². The normalized spacial score (nSPS) is 50.0. The van der Waals surface area contributed by atoms with Crippen molar-refractivity contribution >= 4 is 0 Å². The summed E-state index contributed by atoms with van der Waals surface area (Å²) in [5, 5.41) is 49.1. The first kappa shape index (κ1) is 19.9. The standard InChI is InChI=1S/C14H28N2O8/c1-22-14-9(16)12(21)13(7(4-18)24-14)23-6-2-5(3-17)10(19)11(20)8(6)15/h5-14,17-21H,2-4,15-16H2,1H3/t5?,6-,7?,8?,9?,10?,11?,12?,13?,14?/m0/s1. The molecule has 10 nitrogen and oxygen atoms in total. The molecule has 142 valence electrons. The monoisotopic (exact) mass is 352 g/mol. The summed E-state index contributed by atoms with van der Waals surface area (Å²) < 4.78 is 16.3. The van der Waals surface area contributed by atoms with Crippen molar-refractivity contribution in [1.29, 1.82) is 0 Å². The molecule has 0 aromatic rings. The molecule has 9 N–H and O–H groups in total. The van der Waals surface area contributed by atoms with E-state index in [2.05, 4.69) is 0 Å². The topological polar surface area (TPSA) is 181 Å². The summed E-state index contributed by atoms with van der Waals surface area (Å²) in [7, 11) is 1.37. The highest BCUT2D eigenvalue weighted by molar-refractivity contribution is 4.99. The first-order chi connectivity index (χ1) is 11.3. The van der Waals surface area contributed by atoms with Gasteiger partial charge in [0, 0.05) is 19.6 Å². The second-order valence-electron chi connectivity index (χ2n) is 6.41. The van der Waals surface area contributed by atoms with E-state index in [4.69, 9.17) is 25.7 Å². The van der Waals surface area contributed by atoms with E-state index in [0.29, 0.717) is 0 Å². The van der Waals surface area contributed by atoms with Crippen molar-refractivity contribution in [2.45, 2.75) is 61.4 Å². The van der Waals surface area contributed by atoms with Crippen molar-refractivity contribution in [3.8, 4) is 0 Å². The average molecular weight is 352 g/mol. The third-order valence-electron chi connectivity index (χ3n) is 4.89. The van der Waals surface area contributed by atoms with Crippen molar-refractivity contribution < 1.29 is 39.7 Å². The molecule has 1 aliphatic heterocycles. The molecular formula is C14H28N2O8. The number of hydrogen-bond acceptors (Lipinski definition) is 10. The first-order valence-corrected chi connectivity index (χ1v) is 7.96. The van der Waals surface area contributed by atoms with Crippen LogP contribution in [0.2, 0.25) is 0 Å². The molecule has 0 spiro atoms. The van der Waals surface area contributed by atoms with Crippen molar-refractivity contribution in [1.82, 2.24) is 0 Å². The molecule has 2 aliphatic rings. The van der Waals surface area contributed by atoms with E-state index in [9.17, 15) is 25.5 Å². The molecule has 1 saturated carbocycles. The Morgan fingerprint density at radius 1 is 1.00 bits per heavy atom. The van der Waals surface area contributed by atoms with Crippen molar-refractivity contribution in [3.05, 3.63) is 0 Å². The highest BCUT2D eigenvalue weighted by Crippen LogP contribution is 2.31. The number of rotatable bonds is 5. The van der Waals surface area contributed by atoms with Gasteiger partial charge < -0.3 is 51.2 Å². The van der Waals surface area contributed by atoms with Gasteiger partial charge in [-0.1, -0.05) is 0 Å². The largest absolute Gasteiger partial charge is 0.396 e. The summed E-state index contributed by atoms with van der Waals surface area (Å²) in [5.41, 5.74) is 11.8. The maximum absolute atomic E-state index is 10.4. The molecule has 2 fully saturated rings. The molecule has 0 aromatic carbocycles. The fourth-order valence-electron chi connectivity index (χ4n) is 3.32. The SMILES string of the molecule is COC1OC(CO)C(O[C@H]2CC(CO)C(O)C(O)C2N)C(O)C1N. The van der Waals surface area contributed by atoms with E-state index in [1.807, 2.05) is 0 Å². The lowest BCUT2D eigenvalue weighted by atomic mass is 9.80. The molecule has 1 aliphatic carbocycles. The second kappa shape index (κ2) is 8.32. The van der Waals surface area contributed by atoms with Gasteiger partial charge in [0.05, 0.1) is 37.0 Å². The van der Waals surface area contributed by atoms with E-state index in [-0.39, 0.29) is 13.0 Å². The summed E-state index contributed by atoms with van der Waals surface area (Å²) in [6, 6.07) is -1.82. The minimum absolute atomic E-state index is 0.181. The fourth-order valence-corrected chi connectivity index (χ4v) is 3.32. The Morgan fingerprint density at radius 2 is 1.67 bits per heavy atom. The van der Waals surface area contributed by atoms with Gasteiger partial charge in [-0.2, -0.15) is 0 Å². The van der Waals surface area contributed by atoms with Crippen molar-refractivity contribution in [2.75, 3.05) is 20.3 Å². The van der Waals surface area contributed by atoms with Gasteiger partial charge in [-0.25, -0.2) is 0 Å². The predicted molar refractivity (Wildman–Crippen MR) is 80.6 cm³/mol. The van der Waals surface area contributed by atoms with Crippen LogP contribution in [0.3, 0.4) is 0 Å². The number of methoxy groups -OCH3 is 1. The van der Waals surface area contributed by atoms with E-state index in [1.165, 1.54) is 7.11 Å². The molecule has 0 amide bonds. The van der Waals surface area contributed by atoms with Crippen molar-refractivity contribution in [2.24, 2.45) is 17.4 Å². The van der Waals surface area contributed by atoms with E-state index in [1.54, 1.807) is 0 Å². The maximum atomic E-state index is 10.4. The lowest BCUT2D eigenvalue weighted by molar-refractivity contribution is -0.280. The lowest BCUT2D eigenvalue weighted by Gasteiger charge is -2.46. The molecule has 9 unspecified atom stereocenters. The Morgan fingerprint density at radius 3 is 2.21 bits per heavy atom. The molecular weight excluding hydrogens is 324 g/mol. The third kappa shape index (κ3) is 3.73. The number of hydrogen-bond donors (Lipinski definition) is 7. The quantitative estimate of drug-likeness (QED) is 0.256.